The molecule has 4 saturated carbocycles. The van der Waals surface area contributed by atoms with E-state index in [1.165, 1.54) is 56.8 Å². The average molecular weight is 443 g/mol. The molecule has 4 aliphatic carbocycles. The van der Waals surface area contributed by atoms with Crippen LogP contribution in [0, 0.1) is 23.2 Å². The van der Waals surface area contributed by atoms with Crippen LogP contribution in [0.2, 0.25) is 0 Å². The van der Waals surface area contributed by atoms with Crippen LogP contribution < -0.4 is 16.0 Å². The molecule has 6 rings (SSSR count). The summed E-state index contributed by atoms with van der Waals surface area (Å²) in [6, 6.07) is 5.56. The van der Waals surface area contributed by atoms with Crippen molar-refractivity contribution in [2.24, 2.45) is 23.2 Å². The molecule has 158 valence electrons. The third kappa shape index (κ3) is 4.07. The first kappa shape index (κ1) is 19.9. The molecule has 0 spiro atoms. The third-order valence-electron chi connectivity index (χ3n) is 6.88. The quantitative estimate of drug-likeness (QED) is 0.599. The molecule has 6 nitrogen and oxygen atoms in total. The first-order valence-electron chi connectivity index (χ1n) is 10.6. The van der Waals surface area contributed by atoms with Crippen molar-refractivity contribution in [3.63, 3.8) is 0 Å². The predicted molar refractivity (Wildman–Crippen MR) is 124 cm³/mol. The summed E-state index contributed by atoms with van der Waals surface area (Å²) in [4.78, 5) is 28.5. The number of thiocarbonyl (C=S) groups is 1. The summed E-state index contributed by atoms with van der Waals surface area (Å²) < 4.78 is 0.937. The molecule has 8 heteroatoms. The zero-order chi connectivity index (χ0) is 20.9. The summed E-state index contributed by atoms with van der Waals surface area (Å²) in [6.07, 6.45) is 8.34. The molecule has 0 radical (unpaired) electrons. The molecule has 4 fully saturated rings. The van der Waals surface area contributed by atoms with Crippen LogP contribution in [0.4, 0.5) is 10.8 Å². The van der Waals surface area contributed by atoms with Crippen molar-refractivity contribution in [2.45, 2.75) is 51.9 Å². The highest BCUT2D eigenvalue weighted by atomic mass is 32.1. The first-order chi connectivity index (χ1) is 14.4. The van der Waals surface area contributed by atoms with E-state index in [2.05, 4.69) is 20.9 Å². The molecule has 0 aliphatic heterocycles. The van der Waals surface area contributed by atoms with Gasteiger partial charge in [-0.05, 0) is 92.1 Å². The average Bonchev–Trinajstić information content (AvgIpc) is 3.00. The van der Waals surface area contributed by atoms with Gasteiger partial charge < -0.3 is 16.0 Å². The molecule has 1 aromatic carbocycles. The maximum atomic E-state index is 12.8. The van der Waals surface area contributed by atoms with Crippen molar-refractivity contribution < 1.29 is 9.59 Å². The molecule has 4 aliphatic rings. The van der Waals surface area contributed by atoms with Crippen molar-refractivity contribution in [3.05, 3.63) is 18.2 Å². The molecule has 1 heterocycles. The van der Waals surface area contributed by atoms with E-state index in [0.29, 0.717) is 16.7 Å². The highest BCUT2D eigenvalue weighted by Crippen LogP contribution is 2.61. The molecule has 0 atom stereocenters. The van der Waals surface area contributed by atoms with Gasteiger partial charge in [0.1, 0.15) is 0 Å². The maximum Gasteiger partial charge on any atom is 0.226 e. The second-order valence-electron chi connectivity index (χ2n) is 9.48. The lowest BCUT2D eigenvalue weighted by Crippen LogP contribution is -2.48. The van der Waals surface area contributed by atoms with Gasteiger partial charge >= 0.3 is 0 Å². The van der Waals surface area contributed by atoms with E-state index in [9.17, 15) is 9.59 Å². The molecule has 0 saturated heterocycles. The van der Waals surface area contributed by atoms with E-state index >= 15 is 0 Å². The Morgan fingerprint density at radius 1 is 1.13 bits per heavy atom. The summed E-state index contributed by atoms with van der Waals surface area (Å²) >= 11 is 6.81. The smallest absolute Gasteiger partial charge is 0.226 e. The number of nitrogens with one attached hydrogen (secondary N) is 3. The van der Waals surface area contributed by atoms with Crippen molar-refractivity contribution >= 4 is 61.5 Å². The Morgan fingerprint density at radius 2 is 1.80 bits per heavy atom. The lowest BCUT2D eigenvalue weighted by molar-refractivity contribution is -0.128. The number of fused-ring (bicyclic) bond motifs is 1. The number of hydrogen-bond acceptors (Lipinski definition) is 5. The molecule has 2 aromatic rings. The minimum Gasteiger partial charge on any atom is -0.326 e. The van der Waals surface area contributed by atoms with Gasteiger partial charge in [-0.1, -0.05) is 11.3 Å². The van der Waals surface area contributed by atoms with Crippen molar-refractivity contribution in [1.29, 1.82) is 0 Å². The van der Waals surface area contributed by atoms with Gasteiger partial charge in [-0.2, -0.15) is 0 Å². The number of anilines is 2. The van der Waals surface area contributed by atoms with Crippen LogP contribution in [0.15, 0.2) is 18.2 Å². The number of thiazole rings is 1. The number of rotatable bonds is 4. The van der Waals surface area contributed by atoms with Gasteiger partial charge in [-0.25, -0.2) is 4.98 Å². The van der Waals surface area contributed by atoms with Crippen molar-refractivity contribution in [1.82, 2.24) is 10.3 Å². The highest BCUT2D eigenvalue weighted by molar-refractivity contribution is 7.80. The number of carbonyl (C=O) groups excluding carboxylic acids is 2. The molecule has 4 bridgehead atoms. The second-order valence-corrected chi connectivity index (χ2v) is 10.9. The first-order valence-corrected chi connectivity index (χ1v) is 11.9. The minimum absolute atomic E-state index is 0.0171. The summed E-state index contributed by atoms with van der Waals surface area (Å²) in [5.41, 5.74) is 1.75. The topological polar surface area (TPSA) is 83.1 Å². The Kier molecular flexibility index (Phi) is 5.01. The van der Waals surface area contributed by atoms with E-state index in [4.69, 9.17) is 12.2 Å². The van der Waals surface area contributed by atoms with E-state index in [1.807, 2.05) is 18.2 Å². The Labute approximate surface area is 185 Å². The minimum atomic E-state index is -0.111. The Hall–Kier alpha value is -2.06. The van der Waals surface area contributed by atoms with E-state index in [0.717, 1.165) is 33.7 Å². The number of benzene rings is 1. The fourth-order valence-corrected chi connectivity index (χ4v) is 7.59. The Balaban J connectivity index is 1.20. The molecule has 2 amide bonds. The normalized spacial score (nSPS) is 29.0. The number of carbonyl (C=O) groups is 2. The zero-order valence-corrected chi connectivity index (χ0v) is 18.6. The maximum absolute atomic E-state index is 12.8. The van der Waals surface area contributed by atoms with Gasteiger partial charge in [0.15, 0.2) is 10.2 Å². The standard InChI is InChI=1S/C22H26N4O2S2/c1-12(27)23-16-2-3-17-18(7-16)30-21(24-17)26-20(29)25-19(28)11-22-8-13-4-14(9-22)6-15(5-13)10-22/h2-3,7,13-15H,4-6,8-11H2,1H3,(H,23,27)(H2,24,25,26,28,29). The Bertz CT molecular complexity index is 996. The van der Waals surface area contributed by atoms with Crippen LogP contribution in [-0.2, 0) is 9.59 Å². The molecular weight excluding hydrogens is 416 g/mol. The predicted octanol–water partition coefficient (Wildman–Crippen LogP) is 4.67. The molecule has 3 N–H and O–H groups in total. The molecule has 0 unspecified atom stereocenters. The van der Waals surface area contributed by atoms with Crippen LogP contribution in [0.3, 0.4) is 0 Å². The van der Waals surface area contributed by atoms with Crippen LogP contribution >= 0.6 is 23.6 Å². The van der Waals surface area contributed by atoms with Gasteiger partial charge in [-0.3, -0.25) is 9.59 Å². The second kappa shape index (κ2) is 7.57. The lowest BCUT2D eigenvalue weighted by Gasteiger charge is -2.56. The highest BCUT2D eigenvalue weighted by Gasteiger charge is 2.51. The van der Waals surface area contributed by atoms with Crippen LogP contribution in [0.25, 0.3) is 10.2 Å². The van der Waals surface area contributed by atoms with Crippen LogP contribution in [0.5, 0.6) is 0 Å². The summed E-state index contributed by atoms with van der Waals surface area (Å²) in [7, 11) is 0. The fraction of sp³-hybridized carbons (Fsp3) is 0.545. The summed E-state index contributed by atoms with van der Waals surface area (Å²) in [5, 5.41) is 9.62. The van der Waals surface area contributed by atoms with Crippen molar-refractivity contribution in [2.75, 3.05) is 10.6 Å². The van der Waals surface area contributed by atoms with Gasteiger partial charge in [0, 0.05) is 19.0 Å². The number of amides is 2. The number of aromatic nitrogens is 1. The van der Waals surface area contributed by atoms with Gasteiger partial charge in [0.25, 0.3) is 0 Å². The SMILES string of the molecule is CC(=O)Nc1ccc2nc(NC(=S)NC(=O)CC34CC5CC(CC(C5)C3)C4)sc2c1. The van der Waals surface area contributed by atoms with Gasteiger partial charge in [0.05, 0.1) is 10.2 Å². The van der Waals surface area contributed by atoms with Gasteiger partial charge in [-0.15, -0.1) is 0 Å². The van der Waals surface area contributed by atoms with Gasteiger partial charge in [0.2, 0.25) is 11.8 Å². The van der Waals surface area contributed by atoms with E-state index < -0.39 is 0 Å². The Morgan fingerprint density at radius 3 is 2.43 bits per heavy atom. The number of nitrogens with zero attached hydrogens (tertiary/aromatic N) is 1. The largest absolute Gasteiger partial charge is 0.326 e. The monoisotopic (exact) mass is 442 g/mol. The summed E-state index contributed by atoms with van der Waals surface area (Å²) in [5.74, 6) is 2.40. The fourth-order valence-electron chi connectivity index (χ4n) is 6.41. The van der Waals surface area contributed by atoms with E-state index in [1.54, 1.807) is 0 Å². The van der Waals surface area contributed by atoms with E-state index in [-0.39, 0.29) is 17.2 Å². The molecule has 1 aromatic heterocycles. The van der Waals surface area contributed by atoms with Crippen LogP contribution in [-0.4, -0.2) is 21.9 Å². The zero-order valence-electron chi connectivity index (χ0n) is 17.0. The lowest BCUT2D eigenvalue weighted by atomic mass is 9.49. The van der Waals surface area contributed by atoms with Crippen LogP contribution in [0.1, 0.15) is 51.9 Å². The molecule has 30 heavy (non-hydrogen) atoms. The molecular formula is C22H26N4O2S2. The summed E-state index contributed by atoms with van der Waals surface area (Å²) in [6.45, 7) is 1.48. The third-order valence-corrected chi connectivity index (χ3v) is 8.02. The van der Waals surface area contributed by atoms with Crippen molar-refractivity contribution in [3.8, 4) is 0 Å². The number of hydrogen-bond donors (Lipinski definition) is 3.